The summed E-state index contributed by atoms with van der Waals surface area (Å²) in [6, 6.07) is 4.72. The van der Waals surface area contributed by atoms with Crippen molar-refractivity contribution in [1.29, 1.82) is 0 Å². The SMILES string of the molecule is Cc1ccc(CN(C)S(C)(=O)=O)cc1F. The molecule has 1 aromatic rings. The summed E-state index contributed by atoms with van der Waals surface area (Å²) in [5.41, 5.74) is 1.20. The van der Waals surface area contributed by atoms with Gasteiger partial charge >= 0.3 is 0 Å². The second-order valence-electron chi connectivity index (χ2n) is 3.60. The van der Waals surface area contributed by atoms with Gasteiger partial charge in [-0.2, -0.15) is 0 Å². The molecule has 0 fully saturated rings. The van der Waals surface area contributed by atoms with E-state index in [-0.39, 0.29) is 12.4 Å². The van der Waals surface area contributed by atoms with Crippen LogP contribution in [0.2, 0.25) is 0 Å². The lowest BCUT2D eigenvalue weighted by atomic mass is 10.1. The van der Waals surface area contributed by atoms with Gasteiger partial charge in [-0.1, -0.05) is 12.1 Å². The van der Waals surface area contributed by atoms with Crippen molar-refractivity contribution in [2.24, 2.45) is 0 Å². The molecule has 84 valence electrons. The molecule has 0 atom stereocenters. The Morgan fingerprint density at radius 2 is 2.00 bits per heavy atom. The average molecular weight is 231 g/mol. The van der Waals surface area contributed by atoms with E-state index in [1.54, 1.807) is 19.1 Å². The van der Waals surface area contributed by atoms with Crippen LogP contribution >= 0.6 is 0 Å². The molecule has 0 saturated carbocycles. The Bertz CT molecular complexity index is 456. The number of aryl methyl sites for hydroxylation is 1. The van der Waals surface area contributed by atoms with Crippen LogP contribution in [0.25, 0.3) is 0 Å². The molecule has 0 aliphatic heterocycles. The van der Waals surface area contributed by atoms with Crippen LogP contribution in [0.3, 0.4) is 0 Å². The summed E-state index contributed by atoms with van der Waals surface area (Å²) in [7, 11) is -1.75. The highest BCUT2D eigenvalue weighted by Gasteiger charge is 2.11. The number of hydrogen-bond acceptors (Lipinski definition) is 2. The van der Waals surface area contributed by atoms with E-state index in [2.05, 4.69) is 0 Å². The van der Waals surface area contributed by atoms with Gasteiger partial charge in [-0.15, -0.1) is 0 Å². The molecule has 0 radical (unpaired) electrons. The maximum absolute atomic E-state index is 13.2. The van der Waals surface area contributed by atoms with Crippen LogP contribution in [0.5, 0.6) is 0 Å². The van der Waals surface area contributed by atoms with E-state index < -0.39 is 10.0 Å². The lowest BCUT2D eigenvalue weighted by Crippen LogP contribution is -2.24. The zero-order valence-corrected chi connectivity index (χ0v) is 9.81. The fraction of sp³-hybridized carbons (Fsp3) is 0.400. The first-order valence-corrected chi connectivity index (χ1v) is 6.32. The Morgan fingerprint density at radius 1 is 1.40 bits per heavy atom. The molecule has 1 rings (SSSR count). The monoisotopic (exact) mass is 231 g/mol. The standard InChI is InChI=1S/C10H14FNO2S/c1-8-4-5-9(6-10(8)11)7-12(2)15(3,13)14/h4-6H,7H2,1-3H3. The molecule has 0 N–H and O–H groups in total. The number of nitrogens with zero attached hydrogens (tertiary/aromatic N) is 1. The van der Waals surface area contributed by atoms with E-state index in [0.29, 0.717) is 11.1 Å². The largest absolute Gasteiger partial charge is 0.213 e. The minimum Gasteiger partial charge on any atom is -0.213 e. The molecule has 3 nitrogen and oxygen atoms in total. The molecule has 5 heteroatoms. The maximum Gasteiger partial charge on any atom is 0.211 e. The minimum absolute atomic E-state index is 0.191. The Hall–Kier alpha value is -0.940. The van der Waals surface area contributed by atoms with Gasteiger partial charge in [0.1, 0.15) is 5.82 Å². The van der Waals surface area contributed by atoms with Gasteiger partial charge in [0.05, 0.1) is 6.26 Å². The van der Waals surface area contributed by atoms with Crippen molar-refractivity contribution in [3.63, 3.8) is 0 Å². The summed E-state index contributed by atoms with van der Waals surface area (Å²) in [4.78, 5) is 0. The molecule has 0 bridgehead atoms. The number of rotatable bonds is 3. The predicted octanol–water partition coefficient (Wildman–Crippen LogP) is 1.53. The molecule has 0 aromatic heterocycles. The van der Waals surface area contributed by atoms with E-state index in [1.807, 2.05) is 0 Å². The smallest absolute Gasteiger partial charge is 0.211 e. The highest BCUT2D eigenvalue weighted by Crippen LogP contribution is 2.11. The maximum atomic E-state index is 13.2. The molecular formula is C10H14FNO2S. The van der Waals surface area contributed by atoms with E-state index in [4.69, 9.17) is 0 Å². The third-order valence-electron chi connectivity index (χ3n) is 2.21. The molecule has 0 heterocycles. The molecule has 0 unspecified atom stereocenters. The van der Waals surface area contributed by atoms with Crippen molar-refractivity contribution in [2.75, 3.05) is 13.3 Å². The molecule has 0 saturated heterocycles. The van der Waals surface area contributed by atoms with Gasteiger partial charge < -0.3 is 0 Å². The van der Waals surface area contributed by atoms with Gasteiger partial charge in [-0.05, 0) is 24.1 Å². The second kappa shape index (κ2) is 4.28. The summed E-state index contributed by atoms with van der Waals surface area (Å²) in [6.45, 7) is 1.86. The Morgan fingerprint density at radius 3 is 2.47 bits per heavy atom. The van der Waals surface area contributed by atoms with Gasteiger partial charge in [-0.25, -0.2) is 17.1 Å². The topological polar surface area (TPSA) is 37.4 Å². The molecule has 1 aromatic carbocycles. The Balaban J connectivity index is 2.87. The second-order valence-corrected chi connectivity index (χ2v) is 5.69. The first-order chi connectivity index (χ1) is 6.80. The molecule has 0 aliphatic carbocycles. The third kappa shape index (κ3) is 3.28. The zero-order chi connectivity index (χ0) is 11.6. The zero-order valence-electron chi connectivity index (χ0n) is 8.99. The number of benzene rings is 1. The molecule has 15 heavy (non-hydrogen) atoms. The number of hydrogen-bond donors (Lipinski definition) is 0. The van der Waals surface area contributed by atoms with E-state index in [0.717, 1.165) is 6.26 Å². The van der Waals surface area contributed by atoms with Gasteiger partial charge in [0, 0.05) is 13.6 Å². The number of halogens is 1. The van der Waals surface area contributed by atoms with Crippen molar-refractivity contribution in [3.8, 4) is 0 Å². The quantitative estimate of drug-likeness (QED) is 0.791. The van der Waals surface area contributed by atoms with Crippen molar-refractivity contribution in [1.82, 2.24) is 4.31 Å². The van der Waals surface area contributed by atoms with Crippen LogP contribution < -0.4 is 0 Å². The molecule has 0 amide bonds. The average Bonchev–Trinajstić information content (AvgIpc) is 2.10. The molecular weight excluding hydrogens is 217 g/mol. The minimum atomic E-state index is -3.21. The molecule has 0 aliphatic rings. The van der Waals surface area contributed by atoms with E-state index >= 15 is 0 Å². The summed E-state index contributed by atoms with van der Waals surface area (Å²) < 4.78 is 36.6. The van der Waals surface area contributed by atoms with Crippen molar-refractivity contribution in [2.45, 2.75) is 13.5 Å². The van der Waals surface area contributed by atoms with Crippen LogP contribution in [0.1, 0.15) is 11.1 Å². The van der Waals surface area contributed by atoms with E-state index in [9.17, 15) is 12.8 Å². The lowest BCUT2D eigenvalue weighted by Gasteiger charge is -2.14. The summed E-state index contributed by atoms with van der Waals surface area (Å²) >= 11 is 0. The van der Waals surface area contributed by atoms with Crippen LogP contribution in [-0.4, -0.2) is 26.0 Å². The fourth-order valence-electron chi connectivity index (χ4n) is 1.11. The van der Waals surface area contributed by atoms with Gasteiger partial charge in [-0.3, -0.25) is 0 Å². The Labute approximate surface area is 89.6 Å². The van der Waals surface area contributed by atoms with Gasteiger partial charge in [0.2, 0.25) is 10.0 Å². The van der Waals surface area contributed by atoms with Crippen LogP contribution in [0, 0.1) is 12.7 Å². The van der Waals surface area contributed by atoms with Crippen LogP contribution in [-0.2, 0) is 16.6 Å². The van der Waals surface area contributed by atoms with Crippen molar-refractivity contribution in [3.05, 3.63) is 35.1 Å². The summed E-state index contributed by atoms with van der Waals surface area (Å²) in [6.07, 6.45) is 1.12. The molecule has 0 spiro atoms. The van der Waals surface area contributed by atoms with Gasteiger partial charge in [0.25, 0.3) is 0 Å². The third-order valence-corrected chi connectivity index (χ3v) is 3.47. The fourth-order valence-corrected chi connectivity index (χ4v) is 1.49. The van der Waals surface area contributed by atoms with Crippen molar-refractivity contribution < 1.29 is 12.8 Å². The predicted molar refractivity (Wildman–Crippen MR) is 57.4 cm³/mol. The van der Waals surface area contributed by atoms with E-state index in [1.165, 1.54) is 17.4 Å². The highest BCUT2D eigenvalue weighted by molar-refractivity contribution is 7.88. The lowest BCUT2D eigenvalue weighted by molar-refractivity contribution is 0.470. The van der Waals surface area contributed by atoms with Crippen LogP contribution in [0.4, 0.5) is 4.39 Å². The number of sulfonamides is 1. The van der Waals surface area contributed by atoms with Gasteiger partial charge in [0.15, 0.2) is 0 Å². The first kappa shape index (κ1) is 12.1. The summed E-state index contributed by atoms with van der Waals surface area (Å²) in [5.74, 6) is -0.311. The normalized spacial score (nSPS) is 12.1. The van der Waals surface area contributed by atoms with Crippen LogP contribution in [0.15, 0.2) is 18.2 Å². The van der Waals surface area contributed by atoms with Crippen molar-refractivity contribution >= 4 is 10.0 Å². The summed E-state index contributed by atoms with van der Waals surface area (Å²) in [5, 5.41) is 0. The Kier molecular flexibility index (Phi) is 3.46. The first-order valence-electron chi connectivity index (χ1n) is 4.47. The highest BCUT2D eigenvalue weighted by atomic mass is 32.2.